The normalized spacial score (nSPS) is 24.0. The average Bonchev–Trinajstić information content (AvgIpc) is 2.57. The molecule has 0 radical (unpaired) electrons. The maximum absolute atomic E-state index is 12.1. The van der Waals surface area contributed by atoms with Crippen LogP contribution in [0.15, 0.2) is 0 Å². The minimum Gasteiger partial charge on any atom is -0.353 e. The van der Waals surface area contributed by atoms with Gasteiger partial charge in [0, 0.05) is 53.6 Å². The standard InChI is InChI=1S/C15H28N2O5/c1-19-15(20-2)14(18)17-8-6-16(7-9-17)10-12-22-13-5-3-4-11-21-13/h13,15H,3-12H2,1-2H3. The summed E-state index contributed by atoms with van der Waals surface area (Å²) in [4.78, 5) is 16.2. The second kappa shape index (κ2) is 9.42. The summed E-state index contributed by atoms with van der Waals surface area (Å²) < 4.78 is 21.3. The molecule has 128 valence electrons. The van der Waals surface area contributed by atoms with Crippen LogP contribution < -0.4 is 0 Å². The summed E-state index contributed by atoms with van der Waals surface area (Å²) in [6.07, 6.45) is 2.50. The second-order valence-corrected chi connectivity index (χ2v) is 5.64. The summed E-state index contributed by atoms with van der Waals surface area (Å²) in [6, 6.07) is 0. The average molecular weight is 316 g/mol. The zero-order valence-corrected chi connectivity index (χ0v) is 13.7. The first kappa shape index (κ1) is 17.6. The molecule has 2 fully saturated rings. The van der Waals surface area contributed by atoms with Crippen molar-refractivity contribution in [1.82, 2.24) is 9.80 Å². The minimum atomic E-state index is -0.793. The molecule has 1 amide bonds. The molecule has 2 aliphatic heterocycles. The maximum atomic E-state index is 12.1. The summed E-state index contributed by atoms with van der Waals surface area (Å²) in [5.74, 6) is -0.100. The molecule has 22 heavy (non-hydrogen) atoms. The molecule has 7 heteroatoms. The number of piperazine rings is 1. The summed E-state index contributed by atoms with van der Waals surface area (Å²) >= 11 is 0. The molecule has 2 heterocycles. The highest BCUT2D eigenvalue weighted by Crippen LogP contribution is 2.13. The molecule has 0 bridgehead atoms. The van der Waals surface area contributed by atoms with Gasteiger partial charge in [-0.2, -0.15) is 0 Å². The topological polar surface area (TPSA) is 60.5 Å². The highest BCUT2D eigenvalue weighted by molar-refractivity contribution is 5.79. The largest absolute Gasteiger partial charge is 0.353 e. The van der Waals surface area contributed by atoms with Gasteiger partial charge in [-0.3, -0.25) is 9.69 Å². The number of ether oxygens (including phenoxy) is 4. The third kappa shape index (κ3) is 5.17. The van der Waals surface area contributed by atoms with Crippen molar-refractivity contribution < 1.29 is 23.7 Å². The molecule has 0 N–H and O–H groups in total. The maximum Gasteiger partial charge on any atom is 0.279 e. The fourth-order valence-corrected chi connectivity index (χ4v) is 2.79. The summed E-state index contributed by atoms with van der Waals surface area (Å²) in [6.45, 7) is 5.45. The molecule has 2 rings (SSSR count). The van der Waals surface area contributed by atoms with Crippen LogP contribution in [0.25, 0.3) is 0 Å². The van der Waals surface area contributed by atoms with E-state index in [1.54, 1.807) is 4.90 Å². The van der Waals surface area contributed by atoms with Gasteiger partial charge >= 0.3 is 0 Å². The van der Waals surface area contributed by atoms with Gasteiger partial charge in [-0.25, -0.2) is 0 Å². The lowest BCUT2D eigenvalue weighted by atomic mass is 10.2. The van der Waals surface area contributed by atoms with Crippen LogP contribution in [0.5, 0.6) is 0 Å². The van der Waals surface area contributed by atoms with Crippen LogP contribution in [-0.4, -0.2) is 88.4 Å². The fourth-order valence-electron chi connectivity index (χ4n) is 2.79. The first-order valence-corrected chi connectivity index (χ1v) is 8.04. The fraction of sp³-hybridized carbons (Fsp3) is 0.933. The Kier molecular flexibility index (Phi) is 7.54. The van der Waals surface area contributed by atoms with E-state index in [9.17, 15) is 4.79 Å². The van der Waals surface area contributed by atoms with Crippen LogP contribution in [0, 0.1) is 0 Å². The van der Waals surface area contributed by atoms with Gasteiger partial charge in [0.15, 0.2) is 6.29 Å². The van der Waals surface area contributed by atoms with Gasteiger partial charge in [-0.05, 0) is 19.3 Å². The van der Waals surface area contributed by atoms with Crippen molar-refractivity contribution in [2.75, 3.05) is 60.2 Å². The molecule has 0 aromatic carbocycles. The lowest BCUT2D eigenvalue weighted by Crippen LogP contribution is -2.52. The zero-order valence-electron chi connectivity index (χ0n) is 13.7. The van der Waals surface area contributed by atoms with Crippen molar-refractivity contribution in [2.45, 2.75) is 31.8 Å². The highest BCUT2D eigenvalue weighted by Gasteiger charge is 2.27. The van der Waals surface area contributed by atoms with E-state index in [2.05, 4.69) is 4.90 Å². The molecule has 0 saturated carbocycles. The Morgan fingerprint density at radius 1 is 1.18 bits per heavy atom. The van der Waals surface area contributed by atoms with E-state index in [0.717, 1.165) is 39.1 Å². The van der Waals surface area contributed by atoms with Gasteiger partial charge in [0.05, 0.1) is 6.61 Å². The molecule has 0 spiro atoms. The Hall–Kier alpha value is -0.730. The van der Waals surface area contributed by atoms with Crippen molar-refractivity contribution in [3.63, 3.8) is 0 Å². The number of hydrogen-bond acceptors (Lipinski definition) is 6. The second-order valence-electron chi connectivity index (χ2n) is 5.64. The van der Waals surface area contributed by atoms with Crippen molar-refractivity contribution >= 4 is 5.91 Å². The van der Waals surface area contributed by atoms with E-state index in [-0.39, 0.29) is 12.2 Å². The molecule has 2 saturated heterocycles. The molecular weight excluding hydrogens is 288 g/mol. The van der Waals surface area contributed by atoms with Gasteiger partial charge in [0.1, 0.15) is 0 Å². The number of nitrogens with zero attached hydrogens (tertiary/aromatic N) is 2. The van der Waals surface area contributed by atoms with E-state index < -0.39 is 6.29 Å². The van der Waals surface area contributed by atoms with Gasteiger partial charge in [0.25, 0.3) is 5.91 Å². The number of rotatable bonds is 7. The van der Waals surface area contributed by atoms with Gasteiger partial charge in [-0.1, -0.05) is 0 Å². The molecular formula is C15H28N2O5. The van der Waals surface area contributed by atoms with Crippen molar-refractivity contribution in [1.29, 1.82) is 0 Å². The van der Waals surface area contributed by atoms with Crippen LogP contribution >= 0.6 is 0 Å². The minimum absolute atomic E-state index is 0.0271. The molecule has 0 aliphatic carbocycles. The quantitative estimate of drug-likeness (QED) is 0.629. The number of amides is 1. The van der Waals surface area contributed by atoms with Crippen LogP contribution in [0.4, 0.5) is 0 Å². The molecule has 1 unspecified atom stereocenters. The number of carbonyl (C=O) groups excluding carboxylic acids is 1. The van der Waals surface area contributed by atoms with E-state index in [4.69, 9.17) is 18.9 Å². The summed E-state index contributed by atoms with van der Waals surface area (Å²) in [5, 5.41) is 0. The summed E-state index contributed by atoms with van der Waals surface area (Å²) in [7, 11) is 2.96. The Bertz CT molecular complexity index is 324. The van der Waals surface area contributed by atoms with Crippen LogP contribution in [-0.2, 0) is 23.7 Å². The Morgan fingerprint density at radius 2 is 1.91 bits per heavy atom. The van der Waals surface area contributed by atoms with E-state index in [1.807, 2.05) is 0 Å². The van der Waals surface area contributed by atoms with Gasteiger partial charge in [0.2, 0.25) is 6.29 Å². The lowest BCUT2D eigenvalue weighted by molar-refractivity contribution is -0.173. The number of methoxy groups -OCH3 is 2. The highest BCUT2D eigenvalue weighted by atomic mass is 16.7. The predicted octanol–water partition coefficient (Wildman–Crippen LogP) is 0.293. The lowest BCUT2D eigenvalue weighted by Gasteiger charge is -2.36. The van der Waals surface area contributed by atoms with Crippen molar-refractivity contribution in [3.8, 4) is 0 Å². The zero-order chi connectivity index (χ0) is 15.8. The first-order chi connectivity index (χ1) is 10.7. The summed E-state index contributed by atoms with van der Waals surface area (Å²) in [5.41, 5.74) is 0. The van der Waals surface area contributed by atoms with Crippen molar-refractivity contribution in [2.24, 2.45) is 0 Å². The predicted molar refractivity (Wildman–Crippen MR) is 80.4 cm³/mol. The van der Waals surface area contributed by atoms with Gasteiger partial charge in [-0.15, -0.1) is 0 Å². The van der Waals surface area contributed by atoms with Crippen LogP contribution in [0.1, 0.15) is 19.3 Å². The smallest absolute Gasteiger partial charge is 0.279 e. The van der Waals surface area contributed by atoms with E-state index in [1.165, 1.54) is 20.6 Å². The molecule has 0 aromatic rings. The molecule has 2 aliphatic rings. The monoisotopic (exact) mass is 316 g/mol. The Labute approximate surface area is 132 Å². The Morgan fingerprint density at radius 3 is 2.50 bits per heavy atom. The number of hydrogen-bond donors (Lipinski definition) is 0. The van der Waals surface area contributed by atoms with Crippen LogP contribution in [0.3, 0.4) is 0 Å². The third-order valence-corrected chi connectivity index (χ3v) is 4.16. The van der Waals surface area contributed by atoms with Crippen molar-refractivity contribution in [3.05, 3.63) is 0 Å². The molecule has 0 aromatic heterocycles. The third-order valence-electron chi connectivity index (χ3n) is 4.16. The van der Waals surface area contributed by atoms with E-state index >= 15 is 0 Å². The molecule has 7 nitrogen and oxygen atoms in total. The first-order valence-electron chi connectivity index (χ1n) is 8.04. The molecule has 1 atom stereocenters. The van der Waals surface area contributed by atoms with E-state index in [0.29, 0.717) is 19.7 Å². The van der Waals surface area contributed by atoms with Gasteiger partial charge < -0.3 is 23.8 Å². The Balaban J connectivity index is 1.61. The SMILES string of the molecule is COC(OC)C(=O)N1CCN(CCOC2CCCCO2)CC1. The number of carbonyl (C=O) groups is 1. The van der Waals surface area contributed by atoms with Crippen LogP contribution in [0.2, 0.25) is 0 Å².